The maximum atomic E-state index is 3.65. The molecule has 0 amide bonds. The second-order valence-corrected chi connectivity index (χ2v) is 1.23. The normalized spacial score (nSPS) is 11.7. The molecule has 0 aromatic heterocycles. The van der Waals surface area contributed by atoms with E-state index in [4.69, 9.17) is 0 Å². The van der Waals surface area contributed by atoms with E-state index < -0.39 is 0 Å². The molecule has 34 valence electrons. The minimum Gasteiger partial charge on any atom is -0.152 e. The topological polar surface area (TPSA) is 24.7 Å². The summed E-state index contributed by atoms with van der Waals surface area (Å²) in [6, 6.07) is 0. The van der Waals surface area contributed by atoms with Crippen LogP contribution in [0.15, 0.2) is 10.2 Å². The third-order valence-corrected chi connectivity index (χ3v) is 0.514. The zero-order valence-corrected chi connectivity index (χ0v) is 5.93. The molecule has 0 N–H and O–H groups in total. The van der Waals surface area contributed by atoms with Gasteiger partial charge >= 0.3 is 0 Å². The fourth-order valence-corrected chi connectivity index (χ4v) is 0.258. The Morgan fingerprint density at radius 3 is 2.33 bits per heavy atom. The maximum Gasteiger partial charge on any atom is 0.0878 e. The second kappa shape index (κ2) is 5.42. The van der Waals surface area contributed by atoms with Crippen molar-refractivity contribution in [2.45, 2.75) is 0 Å². The van der Waals surface area contributed by atoms with Crippen LogP contribution in [0.3, 0.4) is 0 Å². The molecule has 0 saturated heterocycles. The van der Waals surface area contributed by atoms with Gasteiger partial charge in [0.1, 0.15) is 0 Å². The fraction of sp³-hybridized carbons (Fsp3) is 0. The Kier molecular flexibility index (Phi) is 5.80. The lowest BCUT2D eigenvalue weighted by Gasteiger charge is -1.62. The van der Waals surface area contributed by atoms with Gasteiger partial charge in [-0.25, -0.2) is 0 Å². The Balaban J connectivity index is 3.07. The van der Waals surface area contributed by atoms with Crippen molar-refractivity contribution >= 4 is 45.0 Å². The molecule has 0 fully saturated rings. The summed E-state index contributed by atoms with van der Waals surface area (Å²) in [4.78, 5) is 0. The molecule has 0 aliphatic rings. The van der Waals surface area contributed by atoms with Gasteiger partial charge in [-0.2, -0.15) is 10.2 Å². The number of nitrogens with zero attached hydrogens (tertiary/aromatic N) is 2. The lowest BCUT2D eigenvalue weighted by atomic mass is 11.6. The molecular weight excluding hydrogens is 211 g/mol. The molecular formula is C2H3IN2S. The first-order valence-corrected chi connectivity index (χ1v) is 2.95. The largest absolute Gasteiger partial charge is 0.152 e. The first kappa shape index (κ1) is 6.42. The molecule has 0 saturated carbocycles. The Hall–Kier alpha value is 0.420. The van der Waals surface area contributed by atoms with Crippen LogP contribution in [0.25, 0.3) is 0 Å². The summed E-state index contributed by atoms with van der Waals surface area (Å²) in [5.74, 6) is 0. The van der Waals surface area contributed by atoms with E-state index in [-0.39, 0.29) is 0 Å². The van der Waals surface area contributed by atoms with E-state index in [2.05, 4.69) is 22.8 Å². The van der Waals surface area contributed by atoms with Gasteiger partial charge in [-0.05, 0) is 22.6 Å². The van der Waals surface area contributed by atoms with Crippen LogP contribution >= 0.6 is 35.2 Å². The first-order valence-electron chi connectivity index (χ1n) is 1.19. The summed E-state index contributed by atoms with van der Waals surface area (Å²) < 4.78 is 1.56. The van der Waals surface area contributed by atoms with Gasteiger partial charge in [0, 0.05) is 0 Å². The highest BCUT2D eigenvalue weighted by molar-refractivity contribution is 14.1. The maximum absolute atomic E-state index is 3.65. The monoisotopic (exact) mass is 214 g/mol. The molecule has 0 radical (unpaired) electrons. The van der Waals surface area contributed by atoms with Crippen molar-refractivity contribution in [2.24, 2.45) is 10.2 Å². The van der Waals surface area contributed by atoms with E-state index in [0.29, 0.717) is 0 Å². The molecule has 0 atom stereocenters. The van der Waals surface area contributed by atoms with Gasteiger partial charge in [-0.15, -0.1) is 12.6 Å². The van der Waals surface area contributed by atoms with Gasteiger partial charge in [0.05, 0.1) is 9.77 Å². The van der Waals surface area contributed by atoms with Gasteiger partial charge < -0.3 is 0 Å². The summed E-state index contributed by atoms with van der Waals surface area (Å²) in [5, 5.41) is 6.84. The SMILES string of the molecule is S/C=N\N=C/I. The minimum atomic E-state index is 1.33. The quantitative estimate of drug-likeness (QED) is 0.224. The van der Waals surface area contributed by atoms with Crippen molar-refractivity contribution in [3.63, 3.8) is 0 Å². The van der Waals surface area contributed by atoms with Crippen molar-refractivity contribution < 1.29 is 0 Å². The van der Waals surface area contributed by atoms with Crippen molar-refractivity contribution in [1.29, 1.82) is 0 Å². The molecule has 0 heterocycles. The summed E-state index contributed by atoms with van der Waals surface area (Å²) in [7, 11) is 0. The van der Waals surface area contributed by atoms with Gasteiger partial charge in [-0.1, -0.05) is 0 Å². The molecule has 6 heavy (non-hydrogen) atoms. The van der Waals surface area contributed by atoms with E-state index in [1.807, 2.05) is 22.6 Å². The molecule has 0 rings (SSSR count). The van der Waals surface area contributed by atoms with Crippen LogP contribution < -0.4 is 0 Å². The molecule has 2 nitrogen and oxygen atoms in total. The molecule has 0 aliphatic heterocycles. The zero-order valence-electron chi connectivity index (χ0n) is 2.87. The molecule has 0 bridgehead atoms. The standard InChI is InChI=1S/C2H3IN2S/c3-1-4-5-2-6/h1-2H,(H,5,6)/b4-1-. The van der Waals surface area contributed by atoms with Crippen molar-refractivity contribution in [3.8, 4) is 0 Å². The summed E-state index contributed by atoms with van der Waals surface area (Å²) in [6.07, 6.45) is 0. The molecule has 0 aromatic rings. The average Bonchev–Trinajstić information content (AvgIpc) is 1.61. The Labute approximate surface area is 55.3 Å². The Morgan fingerprint density at radius 2 is 2.17 bits per heavy atom. The van der Waals surface area contributed by atoms with E-state index >= 15 is 0 Å². The minimum absolute atomic E-state index is 1.33. The summed E-state index contributed by atoms with van der Waals surface area (Å²) in [6.45, 7) is 0. The van der Waals surface area contributed by atoms with E-state index in [1.165, 1.54) is 5.55 Å². The van der Waals surface area contributed by atoms with E-state index in [9.17, 15) is 0 Å². The van der Waals surface area contributed by atoms with Gasteiger partial charge in [0.2, 0.25) is 0 Å². The predicted octanol–water partition coefficient (Wildman–Crippen LogP) is 1.32. The number of rotatable bonds is 1. The van der Waals surface area contributed by atoms with Gasteiger partial charge in [-0.3, -0.25) is 0 Å². The van der Waals surface area contributed by atoms with Gasteiger partial charge in [0.25, 0.3) is 0 Å². The van der Waals surface area contributed by atoms with Crippen LogP contribution in [-0.4, -0.2) is 9.77 Å². The summed E-state index contributed by atoms with van der Waals surface area (Å²) in [5.41, 5.74) is 1.33. The number of hydrogen-bond donors (Lipinski definition) is 1. The lowest BCUT2D eigenvalue weighted by Crippen LogP contribution is -1.48. The van der Waals surface area contributed by atoms with Crippen molar-refractivity contribution in [3.05, 3.63) is 0 Å². The lowest BCUT2D eigenvalue weighted by molar-refractivity contribution is 1.29. The van der Waals surface area contributed by atoms with Crippen LogP contribution in [0.2, 0.25) is 0 Å². The number of halogens is 1. The highest BCUT2D eigenvalue weighted by atomic mass is 127. The third kappa shape index (κ3) is 4.42. The van der Waals surface area contributed by atoms with Crippen LogP contribution in [0.1, 0.15) is 0 Å². The molecule has 0 spiro atoms. The van der Waals surface area contributed by atoms with E-state index in [1.54, 1.807) is 4.22 Å². The highest BCUT2D eigenvalue weighted by Gasteiger charge is 1.50. The zero-order chi connectivity index (χ0) is 4.83. The Morgan fingerprint density at radius 1 is 1.50 bits per heavy atom. The molecule has 0 aromatic carbocycles. The molecule has 0 unspecified atom stereocenters. The van der Waals surface area contributed by atoms with Crippen molar-refractivity contribution in [2.75, 3.05) is 0 Å². The van der Waals surface area contributed by atoms with Crippen LogP contribution in [0, 0.1) is 0 Å². The molecule has 4 heteroatoms. The number of thiol groups is 1. The molecule has 0 aliphatic carbocycles. The van der Waals surface area contributed by atoms with Crippen LogP contribution in [0.5, 0.6) is 0 Å². The Bertz CT molecular complexity index is 59.9. The smallest absolute Gasteiger partial charge is 0.0878 e. The fourth-order valence-electron chi connectivity index (χ4n) is 0.0550. The summed E-state index contributed by atoms with van der Waals surface area (Å²) >= 11 is 5.62. The van der Waals surface area contributed by atoms with Gasteiger partial charge in [0.15, 0.2) is 0 Å². The third-order valence-electron chi connectivity index (χ3n) is 0.162. The predicted molar refractivity (Wildman–Crippen MR) is 40.0 cm³/mol. The van der Waals surface area contributed by atoms with Crippen molar-refractivity contribution in [1.82, 2.24) is 0 Å². The van der Waals surface area contributed by atoms with Crippen LogP contribution in [-0.2, 0) is 0 Å². The average molecular weight is 214 g/mol. The number of hydrogen-bond acceptors (Lipinski definition) is 2. The second-order valence-electron chi connectivity index (χ2n) is 0.444. The van der Waals surface area contributed by atoms with E-state index in [0.717, 1.165) is 0 Å². The highest BCUT2D eigenvalue weighted by Crippen LogP contribution is 1.73. The first-order chi connectivity index (χ1) is 2.91. The van der Waals surface area contributed by atoms with Crippen LogP contribution in [0.4, 0.5) is 0 Å².